The van der Waals surface area contributed by atoms with Gasteiger partial charge in [0.25, 0.3) is 5.91 Å². The molecule has 1 saturated heterocycles. The molecule has 1 unspecified atom stereocenters. The number of amides is 1. The molecule has 0 radical (unpaired) electrons. The Bertz CT molecular complexity index is 607. The monoisotopic (exact) mass is 297 g/mol. The zero-order valence-corrected chi connectivity index (χ0v) is 12.8. The van der Waals surface area contributed by atoms with Gasteiger partial charge < -0.3 is 4.90 Å². The number of sulfone groups is 1. The van der Waals surface area contributed by atoms with Crippen LogP contribution in [0.5, 0.6) is 0 Å². The summed E-state index contributed by atoms with van der Waals surface area (Å²) in [5.74, 6) is 0.533. The molecule has 2 rings (SSSR count). The van der Waals surface area contributed by atoms with Crippen LogP contribution in [-0.4, -0.2) is 53.3 Å². The highest BCUT2D eigenvalue weighted by molar-refractivity contribution is 7.91. The van der Waals surface area contributed by atoms with Crippen molar-refractivity contribution in [3.05, 3.63) is 23.3 Å². The number of aromatic nitrogens is 2. The Kier molecular flexibility index (Phi) is 4.08. The second kappa shape index (κ2) is 5.47. The minimum Gasteiger partial charge on any atom is -0.334 e. The van der Waals surface area contributed by atoms with Gasteiger partial charge in [0.2, 0.25) is 0 Å². The van der Waals surface area contributed by atoms with Gasteiger partial charge in [-0.2, -0.15) is 0 Å². The topological polar surface area (TPSA) is 80.2 Å². The summed E-state index contributed by atoms with van der Waals surface area (Å²) in [6, 6.07) is 1.40. The van der Waals surface area contributed by atoms with Crippen LogP contribution in [-0.2, 0) is 9.84 Å². The lowest BCUT2D eigenvalue weighted by atomic mass is 10.2. The first-order valence-corrected chi connectivity index (χ1v) is 8.48. The maximum absolute atomic E-state index is 12.5. The van der Waals surface area contributed by atoms with E-state index in [1.54, 1.807) is 17.9 Å². The van der Waals surface area contributed by atoms with Crippen LogP contribution in [0.2, 0.25) is 0 Å². The van der Waals surface area contributed by atoms with Crippen LogP contribution in [0.1, 0.15) is 35.4 Å². The summed E-state index contributed by atoms with van der Waals surface area (Å²) in [5, 5.41) is 0. The summed E-state index contributed by atoms with van der Waals surface area (Å²) in [6.45, 7) is 5.87. The van der Waals surface area contributed by atoms with Gasteiger partial charge in [-0.15, -0.1) is 0 Å². The van der Waals surface area contributed by atoms with E-state index in [1.165, 1.54) is 0 Å². The van der Waals surface area contributed by atoms with Crippen molar-refractivity contribution in [2.75, 3.05) is 18.1 Å². The smallest absolute Gasteiger partial charge is 0.272 e. The fraction of sp³-hybridized carbons (Fsp3) is 0.615. The van der Waals surface area contributed by atoms with Crippen LogP contribution in [0.25, 0.3) is 0 Å². The van der Waals surface area contributed by atoms with E-state index in [9.17, 15) is 13.2 Å². The minimum atomic E-state index is -3.01. The molecule has 2 heterocycles. The van der Waals surface area contributed by atoms with Gasteiger partial charge >= 0.3 is 0 Å². The Labute approximate surface area is 119 Å². The van der Waals surface area contributed by atoms with Crippen LogP contribution in [0.15, 0.2) is 6.07 Å². The van der Waals surface area contributed by atoms with Crippen LogP contribution < -0.4 is 0 Å². The normalized spacial score (nSPS) is 20.9. The van der Waals surface area contributed by atoms with Crippen LogP contribution >= 0.6 is 0 Å². The first-order chi connectivity index (χ1) is 9.32. The Morgan fingerprint density at radius 1 is 1.40 bits per heavy atom. The molecule has 0 aromatic carbocycles. The molecule has 7 heteroatoms. The second-order valence-corrected chi connectivity index (χ2v) is 7.32. The molecule has 1 aromatic rings. The van der Waals surface area contributed by atoms with Crippen molar-refractivity contribution in [2.24, 2.45) is 0 Å². The highest BCUT2D eigenvalue weighted by Gasteiger charge is 2.34. The van der Waals surface area contributed by atoms with Gasteiger partial charge in [0.15, 0.2) is 9.84 Å². The van der Waals surface area contributed by atoms with E-state index in [4.69, 9.17) is 0 Å². The molecule has 0 bridgehead atoms. The van der Waals surface area contributed by atoms with Gasteiger partial charge in [0.1, 0.15) is 11.5 Å². The number of carbonyl (C=O) groups excluding carboxylic acids is 1. The molecule has 0 aliphatic carbocycles. The van der Waals surface area contributed by atoms with Crippen LogP contribution in [0.4, 0.5) is 0 Å². The molecule has 20 heavy (non-hydrogen) atoms. The Morgan fingerprint density at radius 3 is 2.60 bits per heavy atom. The molecule has 1 atom stereocenters. The lowest BCUT2D eigenvalue weighted by molar-refractivity contribution is 0.0701. The summed E-state index contributed by atoms with van der Waals surface area (Å²) < 4.78 is 23.1. The SMILES string of the molecule is CCN(C(=O)c1cc(C)nc(C)n1)C1CCS(=O)(=O)C1. The second-order valence-electron chi connectivity index (χ2n) is 5.09. The number of nitrogens with zero attached hydrogens (tertiary/aromatic N) is 3. The standard InChI is InChI=1S/C13H19N3O3S/c1-4-16(11-5-6-20(18,19)8-11)13(17)12-7-9(2)14-10(3)15-12/h7,11H,4-6,8H2,1-3H3. The van der Waals surface area contributed by atoms with Crippen molar-refractivity contribution < 1.29 is 13.2 Å². The highest BCUT2D eigenvalue weighted by atomic mass is 32.2. The number of hydrogen-bond donors (Lipinski definition) is 0. The third kappa shape index (κ3) is 3.15. The van der Waals surface area contributed by atoms with Gasteiger partial charge in [-0.25, -0.2) is 18.4 Å². The largest absolute Gasteiger partial charge is 0.334 e. The molecule has 6 nitrogen and oxygen atoms in total. The van der Waals surface area contributed by atoms with E-state index in [0.717, 1.165) is 5.69 Å². The Hall–Kier alpha value is -1.50. The van der Waals surface area contributed by atoms with Crippen molar-refractivity contribution in [1.29, 1.82) is 0 Å². The molecule has 0 spiro atoms. The van der Waals surface area contributed by atoms with Gasteiger partial charge in [-0.3, -0.25) is 4.79 Å². The van der Waals surface area contributed by atoms with Crippen LogP contribution in [0, 0.1) is 13.8 Å². The summed E-state index contributed by atoms with van der Waals surface area (Å²) in [4.78, 5) is 22.4. The van der Waals surface area contributed by atoms with Crippen LogP contribution in [0.3, 0.4) is 0 Å². The van der Waals surface area contributed by atoms with E-state index in [0.29, 0.717) is 24.5 Å². The number of carbonyl (C=O) groups is 1. The lowest BCUT2D eigenvalue weighted by Crippen LogP contribution is -2.41. The van der Waals surface area contributed by atoms with E-state index in [1.807, 2.05) is 13.8 Å². The molecule has 110 valence electrons. The van der Waals surface area contributed by atoms with Gasteiger partial charge in [0, 0.05) is 18.3 Å². The molecule has 1 aliphatic rings. The van der Waals surface area contributed by atoms with E-state index < -0.39 is 9.84 Å². The number of rotatable bonds is 3. The molecule has 0 N–H and O–H groups in total. The summed E-state index contributed by atoms with van der Waals surface area (Å²) in [6.07, 6.45) is 0.505. The lowest BCUT2D eigenvalue weighted by Gasteiger charge is -2.26. The third-order valence-corrected chi connectivity index (χ3v) is 5.19. The van der Waals surface area contributed by atoms with Crippen molar-refractivity contribution in [3.8, 4) is 0 Å². The predicted molar refractivity (Wildman–Crippen MR) is 75.3 cm³/mol. The average molecular weight is 297 g/mol. The molecule has 1 fully saturated rings. The van der Waals surface area contributed by atoms with Crippen molar-refractivity contribution in [2.45, 2.75) is 33.2 Å². The number of hydrogen-bond acceptors (Lipinski definition) is 5. The fourth-order valence-corrected chi connectivity index (χ4v) is 4.29. The predicted octanol–water partition coefficient (Wildman–Crippen LogP) is 0.743. The summed E-state index contributed by atoms with van der Waals surface area (Å²) >= 11 is 0. The van der Waals surface area contributed by atoms with E-state index >= 15 is 0 Å². The maximum atomic E-state index is 12.5. The third-order valence-electron chi connectivity index (χ3n) is 3.44. The maximum Gasteiger partial charge on any atom is 0.272 e. The molecule has 0 saturated carbocycles. The Morgan fingerprint density at radius 2 is 2.10 bits per heavy atom. The fourth-order valence-electron chi connectivity index (χ4n) is 2.56. The first kappa shape index (κ1) is 14.9. The summed E-state index contributed by atoms with van der Waals surface area (Å²) in [5.41, 5.74) is 1.07. The zero-order chi connectivity index (χ0) is 14.9. The summed E-state index contributed by atoms with van der Waals surface area (Å²) in [7, 11) is -3.01. The van der Waals surface area contributed by atoms with Crippen molar-refractivity contribution in [3.63, 3.8) is 0 Å². The van der Waals surface area contributed by atoms with E-state index in [2.05, 4.69) is 9.97 Å². The van der Waals surface area contributed by atoms with Gasteiger partial charge in [0.05, 0.1) is 11.5 Å². The molecular formula is C13H19N3O3S. The quantitative estimate of drug-likeness (QED) is 0.822. The highest BCUT2D eigenvalue weighted by Crippen LogP contribution is 2.19. The number of aryl methyl sites for hydroxylation is 2. The van der Waals surface area contributed by atoms with Gasteiger partial charge in [-0.05, 0) is 33.3 Å². The average Bonchev–Trinajstić information content (AvgIpc) is 2.69. The first-order valence-electron chi connectivity index (χ1n) is 6.66. The molecular weight excluding hydrogens is 278 g/mol. The van der Waals surface area contributed by atoms with Crippen molar-refractivity contribution >= 4 is 15.7 Å². The zero-order valence-electron chi connectivity index (χ0n) is 12.0. The minimum absolute atomic E-state index is 0.0512. The van der Waals surface area contributed by atoms with E-state index in [-0.39, 0.29) is 23.5 Å². The van der Waals surface area contributed by atoms with Crippen molar-refractivity contribution in [1.82, 2.24) is 14.9 Å². The Balaban J connectivity index is 2.25. The molecule has 1 amide bonds. The molecule has 1 aliphatic heterocycles. The van der Waals surface area contributed by atoms with Gasteiger partial charge in [-0.1, -0.05) is 0 Å². The molecule has 1 aromatic heterocycles.